The number of hydrogen-bond acceptors (Lipinski definition) is 6. The number of fused-ring (bicyclic) bond motifs is 1. The van der Waals surface area contributed by atoms with Crippen molar-refractivity contribution in [1.29, 1.82) is 0 Å². The van der Waals surface area contributed by atoms with Crippen LogP contribution in [0.3, 0.4) is 0 Å². The molecule has 1 aliphatic heterocycles. The lowest BCUT2D eigenvalue weighted by Gasteiger charge is -2.36. The summed E-state index contributed by atoms with van der Waals surface area (Å²) in [6, 6.07) is 16.0. The van der Waals surface area contributed by atoms with E-state index in [4.69, 9.17) is 10.2 Å². The van der Waals surface area contributed by atoms with Crippen molar-refractivity contribution < 1.29 is 26.8 Å². The summed E-state index contributed by atoms with van der Waals surface area (Å²) in [5, 5.41) is 0.592. The number of aryl methyl sites for hydroxylation is 1. The van der Waals surface area contributed by atoms with Crippen LogP contribution in [0.4, 0.5) is 10.1 Å². The molecule has 3 aromatic carbocycles. The van der Waals surface area contributed by atoms with Crippen LogP contribution in [0.1, 0.15) is 65.2 Å². The first-order chi connectivity index (χ1) is 20.4. The maximum atomic E-state index is 14.4. The predicted octanol–water partition coefficient (Wildman–Crippen LogP) is 5.94. The second-order valence-electron chi connectivity index (χ2n) is 11.2. The molecule has 2 heterocycles. The number of rotatable bonds is 8. The van der Waals surface area contributed by atoms with Crippen LogP contribution in [0, 0.1) is 12.7 Å². The van der Waals surface area contributed by atoms with Gasteiger partial charge in [-0.2, -0.15) is 0 Å². The highest BCUT2D eigenvalue weighted by atomic mass is 32.2. The van der Waals surface area contributed by atoms with Gasteiger partial charge in [-0.3, -0.25) is 13.9 Å². The number of carbonyl (C=O) groups excluding carboxylic acids is 2. The van der Waals surface area contributed by atoms with Gasteiger partial charge in [0.05, 0.1) is 17.5 Å². The molecule has 43 heavy (non-hydrogen) atoms. The normalized spacial score (nSPS) is 16.3. The van der Waals surface area contributed by atoms with Gasteiger partial charge in [0.25, 0.3) is 0 Å². The van der Waals surface area contributed by atoms with E-state index in [9.17, 15) is 22.4 Å². The van der Waals surface area contributed by atoms with E-state index in [1.165, 1.54) is 23.5 Å². The highest BCUT2D eigenvalue weighted by molar-refractivity contribution is 7.92. The third-order valence-corrected chi connectivity index (χ3v) is 9.46. The Morgan fingerprint density at radius 1 is 1.14 bits per heavy atom. The molecule has 1 fully saturated rings. The number of nitrogens with two attached hydrogens (primary N) is 1. The Labute approximate surface area is 251 Å². The molecule has 1 amide bonds. The lowest BCUT2D eigenvalue weighted by atomic mass is 9.87. The quantitative estimate of drug-likeness (QED) is 0.249. The van der Waals surface area contributed by atoms with E-state index in [2.05, 4.69) is 0 Å². The lowest BCUT2D eigenvalue weighted by Crippen LogP contribution is -2.44. The number of anilines is 1. The largest absolute Gasteiger partial charge is 0.455 e. The smallest absolute Gasteiger partial charge is 0.244 e. The first kappa shape index (κ1) is 30.4. The van der Waals surface area contributed by atoms with Gasteiger partial charge in [0.15, 0.2) is 5.78 Å². The fourth-order valence-corrected chi connectivity index (χ4v) is 6.29. The third-order valence-electron chi connectivity index (χ3n) is 8.27. The molecule has 0 bridgehead atoms. The standard InChI is InChI=1S/C33H36FN3O5S/c1-5-28(38)30-25-17-24(22-9-8-16-37(19-22)33(39)31(35)23-10-6-7-11-26(23)34)27(36(3)43(4,40)41)18-29(25)42-32(30)21-14-12-20(2)13-15-21/h6-7,10-15,17-18,22,31H,5,8-9,16,19,35H2,1-4H3/t22-,31-/m1/s1. The molecule has 1 aromatic heterocycles. The minimum atomic E-state index is -3.67. The minimum Gasteiger partial charge on any atom is -0.455 e. The van der Waals surface area contributed by atoms with Gasteiger partial charge in [-0.15, -0.1) is 0 Å². The van der Waals surface area contributed by atoms with Crippen LogP contribution in [0.5, 0.6) is 0 Å². The maximum absolute atomic E-state index is 14.4. The van der Waals surface area contributed by atoms with Gasteiger partial charge in [-0.25, -0.2) is 12.8 Å². The summed E-state index contributed by atoms with van der Waals surface area (Å²) >= 11 is 0. The third kappa shape index (κ3) is 5.94. The number of carbonyl (C=O) groups is 2. The number of amides is 1. The summed E-state index contributed by atoms with van der Waals surface area (Å²) in [6.45, 7) is 4.47. The van der Waals surface area contributed by atoms with E-state index in [1.54, 1.807) is 30.0 Å². The second-order valence-corrected chi connectivity index (χ2v) is 13.2. The first-order valence-corrected chi connectivity index (χ1v) is 16.2. The summed E-state index contributed by atoms with van der Waals surface area (Å²) in [7, 11) is -2.19. The number of piperidine rings is 1. The van der Waals surface area contributed by atoms with Crippen LogP contribution in [-0.4, -0.2) is 51.4 Å². The molecule has 1 saturated heterocycles. The highest BCUT2D eigenvalue weighted by Gasteiger charge is 2.33. The summed E-state index contributed by atoms with van der Waals surface area (Å²) in [4.78, 5) is 28.4. The van der Waals surface area contributed by atoms with Gasteiger partial charge >= 0.3 is 0 Å². The zero-order valence-electron chi connectivity index (χ0n) is 24.8. The van der Waals surface area contributed by atoms with Gasteiger partial charge in [-0.05, 0) is 37.5 Å². The fourth-order valence-electron chi connectivity index (χ4n) is 5.78. The van der Waals surface area contributed by atoms with Gasteiger partial charge in [-0.1, -0.05) is 55.0 Å². The number of halogens is 1. The average Bonchev–Trinajstić information content (AvgIpc) is 3.37. The molecule has 2 N–H and O–H groups in total. The molecule has 5 rings (SSSR count). The number of hydrogen-bond donors (Lipinski definition) is 1. The van der Waals surface area contributed by atoms with Crippen molar-refractivity contribution in [2.45, 2.75) is 45.1 Å². The number of benzene rings is 3. The Morgan fingerprint density at radius 3 is 2.49 bits per heavy atom. The van der Waals surface area contributed by atoms with Crippen molar-refractivity contribution in [1.82, 2.24) is 4.90 Å². The molecule has 0 saturated carbocycles. The van der Waals surface area contributed by atoms with Gasteiger partial charge in [0.2, 0.25) is 15.9 Å². The molecule has 4 aromatic rings. The molecule has 0 spiro atoms. The Bertz CT molecular complexity index is 1800. The monoisotopic (exact) mass is 605 g/mol. The van der Waals surface area contributed by atoms with E-state index >= 15 is 0 Å². The van der Waals surface area contributed by atoms with Crippen molar-refractivity contribution in [3.05, 3.63) is 88.7 Å². The van der Waals surface area contributed by atoms with E-state index < -0.39 is 27.8 Å². The Morgan fingerprint density at radius 2 is 1.84 bits per heavy atom. The van der Waals surface area contributed by atoms with Crippen LogP contribution in [0.25, 0.3) is 22.3 Å². The zero-order chi connectivity index (χ0) is 31.1. The SMILES string of the molecule is CCC(=O)c1c(-c2ccc(C)cc2)oc2cc(N(C)S(C)(=O)=O)c([C@@H]3CCCN(C(=O)[C@H](N)c4ccccc4F)C3)cc12. The van der Waals surface area contributed by atoms with E-state index in [-0.39, 0.29) is 30.2 Å². The summed E-state index contributed by atoms with van der Waals surface area (Å²) in [5.41, 5.74) is 10.1. The molecule has 0 aliphatic carbocycles. The molecule has 1 aliphatic rings. The van der Waals surface area contributed by atoms with Crippen molar-refractivity contribution in [3.63, 3.8) is 0 Å². The van der Waals surface area contributed by atoms with Crippen molar-refractivity contribution in [2.75, 3.05) is 30.7 Å². The molecule has 0 radical (unpaired) electrons. The van der Waals surface area contributed by atoms with Crippen LogP contribution >= 0.6 is 0 Å². The number of nitrogens with zero attached hydrogens (tertiary/aromatic N) is 2. The van der Waals surface area contributed by atoms with Crippen molar-refractivity contribution in [2.24, 2.45) is 5.73 Å². The highest BCUT2D eigenvalue weighted by Crippen LogP contribution is 2.42. The van der Waals surface area contributed by atoms with Crippen molar-refractivity contribution in [3.8, 4) is 11.3 Å². The number of sulfonamides is 1. The Kier molecular flexibility index (Phi) is 8.45. The second kappa shape index (κ2) is 11.9. The summed E-state index contributed by atoms with van der Waals surface area (Å²) in [5.74, 6) is -0.877. The molecule has 10 heteroatoms. The maximum Gasteiger partial charge on any atom is 0.244 e. The average molecular weight is 606 g/mol. The van der Waals surface area contributed by atoms with Crippen LogP contribution in [0.15, 0.2) is 65.1 Å². The predicted molar refractivity (Wildman–Crippen MR) is 166 cm³/mol. The molecule has 0 unspecified atom stereocenters. The molecular weight excluding hydrogens is 569 g/mol. The Balaban J connectivity index is 1.62. The number of furan rings is 1. The first-order valence-electron chi connectivity index (χ1n) is 14.3. The van der Waals surface area contributed by atoms with Crippen LogP contribution in [-0.2, 0) is 14.8 Å². The van der Waals surface area contributed by atoms with Crippen molar-refractivity contribution >= 4 is 38.4 Å². The summed E-state index contributed by atoms with van der Waals surface area (Å²) < 4.78 is 47.4. The molecule has 8 nitrogen and oxygen atoms in total. The van der Waals surface area contributed by atoms with E-state index in [0.29, 0.717) is 52.9 Å². The molecule has 226 valence electrons. The Hall–Kier alpha value is -4.02. The minimum absolute atomic E-state index is 0.0965. The fraction of sp³-hybridized carbons (Fsp3) is 0.333. The number of Topliss-reactive ketones (excluding diaryl/α,β-unsaturated/α-hetero) is 1. The van der Waals surface area contributed by atoms with Gasteiger partial charge in [0, 0.05) is 55.1 Å². The van der Waals surface area contributed by atoms with Gasteiger partial charge in [0.1, 0.15) is 23.2 Å². The number of likely N-dealkylation sites (tertiary alicyclic amines) is 1. The zero-order valence-corrected chi connectivity index (χ0v) is 25.6. The van der Waals surface area contributed by atoms with Crippen LogP contribution < -0.4 is 10.0 Å². The lowest BCUT2D eigenvalue weighted by molar-refractivity contribution is -0.134. The van der Waals surface area contributed by atoms with Gasteiger partial charge < -0.3 is 15.1 Å². The molecule has 2 atom stereocenters. The van der Waals surface area contributed by atoms with Crippen LogP contribution in [0.2, 0.25) is 0 Å². The topological polar surface area (TPSA) is 114 Å². The van der Waals surface area contributed by atoms with E-state index in [1.807, 2.05) is 37.3 Å². The van der Waals surface area contributed by atoms with E-state index in [0.717, 1.165) is 17.4 Å². The molecular formula is C33H36FN3O5S. The number of ketones is 1. The summed E-state index contributed by atoms with van der Waals surface area (Å²) in [6.07, 6.45) is 2.69.